The second kappa shape index (κ2) is 4.24. The first-order chi connectivity index (χ1) is 6.84. The molecule has 1 heterocycles. The lowest BCUT2D eigenvalue weighted by Gasteiger charge is -2.08. The predicted molar refractivity (Wildman–Crippen MR) is 52.1 cm³/mol. The van der Waals surface area contributed by atoms with Gasteiger partial charge in [0.2, 0.25) is 5.91 Å². The van der Waals surface area contributed by atoms with Gasteiger partial charge in [-0.1, -0.05) is 30.3 Å². The van der Waals surface area contributed by atoms with E-state index in [1.807, 2.05) is 30.3 Å². The van der Waals surface area contributed by atoms with E-state index in [9.17, 15) is 4.79 Å². The van der Waals surface area contributed by atoms with Crippen molar-refractivity contribution in [3.63, 3.8) is 0 Å². The Kier molecular flexibility index (Phi) is 2.79. The topological polar surface area (TPSA) is 38.3 Å². The van der Waals surface area contributed by atoms with E-state index in [0.717, 1.165) is 5.56 Å². The summed E-state index contributed by atoms with van der Waals surface area (Å²) in [6, 6.07) is 9.92. The van der Waals surface area contributed by atoms with Crippen molar-refractivity contribution in [2.24, 2.45) is 0 Å². The third kappa shape index (κ3) is 2.33. The fraction of sp³-hybridized carbons (Fsp3) is 0.273. The number of benzene rings is 1. The van der Waals surface area contributed by atoms with E-state index in [-0.39, 0.29) is 12.0 Å². The molecule has 0 aliphatic carbocycles. The number of hydrogen-bond donors (Lipinski definition) is 1. The number of ether oxygens (including phenoxy) is 1. The Morgan fingerprint density at radius 2 is 2.14 bits per heavy atom. The van der Waals surface area contributed by atoms with Gasteiger partial charge in [-0.3, -0.25) is 4.79 Å². The molecule has 0 aromatic heterocycles. The van der Waals surface area contributed by atoms with Gasteiger partial charge in [-0.05, 0) is 5.56 Å². The summed E-state index contributed by atoms with van der Waals surface area (Å²) in [5, 5.41) is 2.62. The van der Waals surface area contributed by atoms with Crippen LogP contribution in [0.5, 0.6) is 0 Å². The van der Waals surface area contributed by atoms with Gasteiger partial charge in [-0.15, -0.1) is 0 Å². The molecule has 0 bridgehead atoms. The SMILES string of the molecule is O=C1CC(OCc2ccccc2)[CH]N1. The van der Waals surface area contributed by atoms with Crippen molar-refractivity contribution in [2.75, 3.05) is 0 Å². The molecule has 0 spiro atoms. The van der Waals surface area contributed by atoms with Crippen LogP contribution in [0.2, 0.25) is 0 Å². The fourth-order valence-electron chi connectivity index (χ4n) is 1.37. The van der Waals surface area contributed by atoms with Crippen LogP contribution in [-0.4, -0.2) is 12.0 Å². The van der Waals surface area contributed by atoms with Crippen molar-refractivity contribution in [3.05, 3.63) is 42.4 Å². The van der Waals surface area contributed by atoms with Crippen molar-refractivity contribution in [1.29, 1.82) is 0 Å². The minimum absolute atomic E-state index is 0.0306. The van der Waals surface area contributed by atoms with Crippen LogP contribution in [-0.2, 0) is 16.1 Å². The third-order valence-electron chi connectivity index (χ3n) is 2.12. The maximum absolute atomic E-state index is 10.8. The zero-order valence-corrected chi connectivity index (χ0v) is 7.77. The monoisotopic (exact) mass is 190 g/mol. The molecule has 73 valence electrons. The molecule has 1 amide bonds. The number of hydrogen-bond acceptors (Lipinski definition) is 2. The van der Waals surface area contributed by atoms with Crippen LogP contribution in [0.15, 0.2) is 30.3 Å². The molecule has 2 rings (SSSR count). The Bertz CT molecular complexity index is 310. The molecule has 1 aromatic rings. The Labute approximate surface area is 83.1 Å². The maximum Gasteiger partial charge on any atom is 0.223 e. The van der Waals surface area contributed by atoms with Gasteiger partial charge in [0, 0.05) is 0 Å². The van der Waals surface area contributed by atoms with Crippen LogP contribution < -0.4 is 5.32 Å². The highest BCUT2D eigenvalue weighted by atomic mass is 16.5. The molecule has 1 saturated heterocycles. The van der Waals surface area contributed by atoms with Crippen LogP contribution >= 0.6 is 0 Å². The van der Waals surface area contributed by atoms with Gasteiger partial charge < -0.3 is 10.1 Å². The smallest absolute Gasteiger partial charge is 0.223 e. The molecule has 1 atom stereocenters. The highest BCUT2D eigenvalue weighted by molar-refractivity contribution is 5.80. The van der Waals surface area contributed by atoms with Gasteiger partial charge in [0.05, 0.1) is 25.7 Å². The number of rotatable bonds is 3. The number of nitrogens with one attached hydrogen (secondary N) is 1. The predicted octanol–water partition coefficient (Wildman–Crippen LogP) is 1.25. The van der Waals surface area contributed by atoms with E-state index in [2.05, 4.69) is 5.32 Å². The van der Waals surface area contributed by atoms with E-state index < -0.39 is 0 Å². The summed E-state index contributed by atoms with van der Waals surface area (Å²) < 4.78 is 5.52. The fourth-order valence-corrected chi connectivity index (χ4v) is 1.37. The molecule has 1 N–H and O–H groups in total. The van der Waals surface area contributed by atoms with Gasteiger partial charge >= 0.3 is 0 Å². The first-order valence-corrected chi connectivity index (χ1v) is 4.63. The maximum atomic E-state index is 10.8. The van der Waals surface area contributed by atoms with Gasteiger partial charge in [0.25, 0.3) is 0 Å². The van der Waals surface area contributed by atoms with Gasteiger partial charge in [0.15, 0.2) is 0 Å². The summed E-state index contributed by atoms with van der Waals surface area (Å²) in [6.45, 7) is 2.25. The average molecular weight is 190 g/mol. The number of carbonyl (C=O) groups excluding carboxylic acids is 1. The molecule has 0 saturated carbocycles. The summed E-state index contributed by atoms with van der Waals surface area (Å²) in [6.07, 6.45) is 0.357. The lowest BCUT2D eigenvalue weighted by atomic mass is 10.2. The van der Waals surface area contributed by atoms with Gasteiger partial charge in [-0.2, -0.15) is 0 Å². The molecular weight excluding hydrogens is 178 g/mol. The van der Waals surface area contributed by atoms with Crippen molar-refractivity contribution in [3.8, 4) is 0 Å². The van der Waals surface area contributed by atoms with Crippen LogP contribution in [0.1, 0.15) is 12.0 Å². The largest absolute Gasteiger partial charge is 0.371 e. The Morgan fingerprint density at radius 1 is 1.36 bits per heavy atom. The first kappa shape index (κ1) is 9.21. The summed E-state index contributed by atoms with van der Waals surface area (Å²) in [5.74, 6) is 0.0306. The van der Waals surface area contributed by atoms with E-state index in [1.165, 1.54) is 0 Å². The van der Waals surface area contributed by atoms with Gasteiger partial charge in [0.1, 0.15) is 0 Å². The van der Waals surface area contributed by atoms with E-state index >= 15 is 0 Å². The molecular formula is C11H12NO2. The van der Waals surface area contributed by atoms with E-state index in [0.29, 0.717) is 13.0 Å². The van der Waals surface area contributed by atoms with E-state index in [4.69, 9.17) is 4.74 Å². The van der Waals surface area contributed by atoms with Crippen LogP contribution in [0, 0.1) is 6.54 Å². The Balaban J connectivity index is 1.80. The minimum atomic E-state index is -0.0808. The quantitative estimate of drug-likeness (QED) is 0.779. The molecule has 1 unspecified atom stereocenters. The third-order valence-corrected chi connectivity index (χ3v) is 2.12. The Morgan fingerprint density at radius 3 is 2.79 bits per heavy atom. The van der Waals surface area contributed by atoms with Gasteiger partial charge in [-0.25, -0.2) is 0 Å². The average Bonchev–Trinajstić information content (AvgIpc) is 2.63. The second-order valence-electron chi connectivity index (χ2n) is 3.27. The van der Waals surface area contributed by atoms with Crippen molar-refractivity contribution in [2.45, 2.75) is 19.1 Å². The Hall–Kier alpha value is -1.35. The van der Waals surface area contributed by atoms with Crippen LogP contribution in [0.3, 0.4) is 0 Å². The minimum Gasteiger partial charge on any atom is -0.371 e. The second-order valence-corrected chi connectivity index (χ2v) is 3.27. The van der Waals surface area contributed by atoms with Crippen molar-refractivity contribution < 1.29 is 9.53 Å². The summed E-state index contributed by atoms with van der Waals surface area (Å²) in [5.41, 5.74) is 1.13. The highest BCUT2D eigenvalue weighted by Crippen LogP contribution is 2.11. The van der Waals surface area contributed by atoms with Crippen LogP contribution in [0.4, 0.5) is 0 Å². The number of carbonyl (C=O) groups is 1. The zero-order valence-electron chi connectivity index (χ0n) is 7.77. The van der Waals surface area contributed by atoms with Crippen molar-refractivity contribution in [1.82, 2.24) is 5.32 Å². The molecule has 1 fully saturated rings. The van der Waals surface area contributed by atoms with Crippen molar-refractivity contribution >= 4 is 5.91 Å². The van der Waals surface area contributed by atoms with E-state index in [1.54, 1.807) is 6.54 Å². The molecule has 3 nitrogen and oxygen atoms in total. The lowest BCUT2D eigenvalue weighted by molar-refractivity contribution is -0.119. The standard InChI is InChI=1S/C11H12NO2/c13-11-6-10(7-12-11)14-8-9-4-2-1-3-5-9/h1-5,7,10H,6,8H2,(H,12,13). The molecule has 1 radical (unpaired) electrons. The summed E-state index contributed by atoms with van der Waals surface area (Å²) >= 11 is 0. The highest BCUT2D eigenvalue weighted by Gasteiger charge is 2.22. The normalized spacial score (nSPS) is 20.9. The molecule has 1 aromatic carbocycles. The van der Waals surface area contributed by atoms with Crippen LogP contribution in [0.25, 0.3) is 0 Å². The number of amides is 1. The summed E-state index contributed by atoms with van der Waals surface area (Å²) in [4.78, 5) is 10.8. The zero-order chi connectivity index (χ0) is 9.80. The molecule has 1 aliphatic heterocycles. The molecule has 14 heavy (non-hydrogen) atoms. The molecule has 1 aliphatic rings. The molecule has 3 heteroatoms. The first-order valence-electron chi connectivity index (χ1n) is 4.63. The lowest BCUT2D eigenvalue weighted by Crippen LogP contribution is -2.11. The summed E-state index contributed by atoms with van der Waals surface area (Å²) in [7, 11) is 0.